The molecule has 110 valence electrons. The van der Waals surface area contributed by atoms with Gasteiger partial charge in [0.05, 0.1) is 22.3 Å². The zero-order valence-corrected chi connectivity index (χ0v) is 13.7. The molecular weight excluding hydrogens is 323 g/mol. The molecule has 1 aromatic rings. The topological polar surface area (TPSA) is 36.3 Å². The molecule has 20 heavy (non-hydrogen) atoms. The normalized spacial score (nSPS) is 10.7. The summed E-state index contributed by atoms with van der Waals surface area (Å²) in [6, 6.07) is 5.54. The van der Waals surface area contributed by atoms with Gasteiger partial charge >= 0.3 is 0 Å². The minimum atomic E-state index is -0.382. The molecule has 0 aromatic heterocycles. The van der Waals surface area contributed by atoms with E-state index in [0.717, 1.165) is 12.8 Å². The fourth-order valence-electron chi connectivity index (χ4n) is 2.27. The molecule has 0 radical (unpaired) electrons. The Morgan fingerprint density at radius 2 is 2.05 bits per heavy atom. The molecule has 0 aliphatic carbocycles. The van der Waals surface area contributed by atoms with Gasteiger partial charge in [-0.3, -0.25) is 0 Å². The van der Waals surface area contributed by atoms with E-state index in [2.05, 4.69) is 29.8 Å². The first-order valence-electron chi connectivity index (χ1n) is 6.74. The van der Waals surface area contributed by atoms with Crippen LogP contribution < -0.4 is 4.90 Å². The highest BCUT2D eigenvalue weighted by molar-refractivity contribution is 9.10. The van der Waals surface area contributed by atoms with Crippen molar-refractivity contribution >= 4 is 21.6 Å². The molecule has 0 saturated carbocycles. The van der Waals surface area contributed by atoms with Crippen molar-refractivity contribution in [3.05, 3.63) is 28.0 Å². The summed E-state index contributed by atoms with van der Waals surface area (Å²) < 4.78 is 19.8. The van der Waals surface area contributed by atoms with Crippen molar-refractivity contribution in [2.45, 2.75) is 32.7 Å². The SMILES string of the molecule is CCC(CC)N(CCOC)c1ccc(C#N)c(Br)c1F. The summed E-state index contributed by atoms with van der Waals surface area (Å²) in [5, 5.41) is 8.94. The Labute approximate surface area is 128 Å². The van der Waals surface area contributed by atoms with E-state index < -0.39 is 0 Å². The second-order valence-electron chi connectivity index (χ2n) is 4.53. The molecule has 0 aliphatic rings. The fraction of sp³-hybridized carbons (Fsp3) is 0.533. The van der Waals surface area contributed by atoms with Gasteiger partial charge < -0.3 is 9.64 Å². The van der Waals surface area contributed by atoms with Gasteiger partial charge in [-0.05, 0) is 40.9 Å². The third-order valence-electron chi connectivity index (χ3n) is 3.41. The summed E-state index contributed by atoms with van der Waals surface area (Å²) in [7, 11) is 1.64. The highest BCUT2D eigenvalue weighted by Gasteiger charge is 2.21. The summed E-state index contributed by atoms with van der Waals surface area (Å²) in [5.41, 5.74) is 0.823. The number of anilines is 1. The molecule has 0 aliphatic heterocycles. The lowest BCUT2D eigenvalue weighted by Gasteiger charge is -2.33. The molecule has 5 heteroatoms. The standard InChI is InChI=1S/C15H20BrFN2O/c1-4-12(5-2)19(8-9-20-3)13-7-6-11(10-18)14(16)15(13)17/h6-7,12H,4-5,8-9H2,1-3H3. The predicted octanol–water partition coefficient (Wildman–Crippen LogP) is 4.10. The molecule has 0 amide bonds. The van der Waals surface area contributed by atoms with Crippen LogP contribution in [0.1, 0.15) is 32.3 Å². The first-order chi connectivity index (χ1) is 9.60. The minimum Gasteiger partial charge on any atom is -0.383 e. The highest BCUT2D eigenvalue weighted by Crippen LogP contribution is 2.31. The number of halogens is 2. The Bertz CT molecular complexity index is 483. The number of rotatable bonds is 7. The lowest BCUT2D eigenvalue weighted by Crippen LogP contribution is -2.37. The Morgan fingerprint density at radius 3 is 2.55 bits per heavy atom. The number of methoxy groups -OCH3 is 1. The van der Waals surface area contributed by atoms with Crippen LogP contribution >= 0.6 is 15.9 Å². The maximum absolute atomic E-state index is 14.5. The second kappa shape index (κ2) is 8.23. The number of ether oxygens (including phenoxy) is 1. The van der Waals surface area contributed by atoms with Crippen LogP contribution in [0.25, 0.3) is 0 Å². The number of nitrogens with zero attached hydrogens (tertiary/aromatic N) is 2. The minimum absolute atomic E-state index is 0.228. The molecule has 0 fully saturated rings. The van der Waals surface area contributed by atoms with Crippen LogP contribution in [0.5, 0.6) is 0 Å². The molecule has 0 unspecified atom stereocenters. The second-order valence-corrected chi connectivity index (χ2v) is 5.32. The van der Waals surface area contributed by atoms with Gasteiger partial charge in [0.25, 0.3) is 0 Å². The molecular formula is C15H20BrFN2O. The van der Waals surface area contributed by atoms with Gasteiger partial charge in [-0.1, -0.05) is 13.8 Å². The van der Waals surface area contributed by atoms with Gasteiger partial charge in [-0.2, -0.15) is 5.26 Å². The summed E-state index contributed by atoms with van der Waals surface area (Å²) in [4.78, 5) is 2.02. The maximum atomic E-state index is 14.5. The van der Waals surface area contributed by atoms with Gasteiger partial charge in [0.2, 0.25) is 0 Å². The van der Waals surface area contributed by atoms with E-state index >= 15 is 0 Å². The number of nitriles is 1. The summed E-state index contributed by atoms with van der Waals surface area (Å²) in [6.07, 6.45) is 1.86. The van der Waals surface area contributed by atoms with E-state index in [-0.39, 0.29) is 16.3 Å². The van der Waals surface area contributed by atoms with Crippen LogP contribution in [0.4, 0.5) is 10.1 Å². The van der Waals surface area contributed by atoms with Gasteiger partial charge in [-0.25, -0.2) is 4.39 Å². The van der Waals surface area contributed by atoms with E-state index in [9.17, 15) is 4.39 Å². The monoisotopic (exact) mass is 342 g/mol. The Morgan fingerprint density at radius 1 is 1.40 bits per heavy atom. The number of hydrogen-bond donors (Lipinski definition) is 0. The van der Waals surface area contributed by atoms with Crippen molar-refractivity contribution in [2.75, 3.05) is 25.2 Å². The molecule has 1 rings (SSSR count). The van der Waals surface area contributed by atoms with Crippen molar-refractivity contribution < 1.29 is 9.13 Å². The van der Waals surface area contributed by atoms with Crippen molar-refractivity contribution in [2.24, 2.45) is 0 Å². The molecule has 0 N–H and O–H groups in total. The van der Waals surface area contributed by atoms with Gasteiger partial charge in [0.1, 0.15) is 6.07 Å². The quantitative estimate of drug-likeness (QED) is 0.748. The maximum Gasteiger partial charge on any atom is 0.161 e. The average Bonchev–Trinajstić information content (AvgIpc) is 2.47. The smallest absolute Gasteiger partial charge is 0.161 e. The van der Waals surface area contributed by atoms with Gasteiger partial charge in [0, 0.05) is 19.7 Å². The van der Waals surface area contributed by atoms with Crippen LogP contribution in [0, 0.1) is 17.1 Å². The van der Waals surface area contributed by atoms with Crippen LogP contribution in [-0.4, -0.2) is 26.3 Å². The molecule has 0 spiro atoms. The highest BCUT2D eigenvalue weighted by atomic mass is 79.9. The van der Waals surface area contributed by atoms with Crippen LogP contribution in [0.3, 0.4) is 0 Å². The molecule has 0 atom stereocenters. The first-order valence-corrected chi connectivity index (χ1v) is 7.53. The summed E-state index contributed by atoms with van der Waals surface area (Å²) >= 11 is 3.17. The zero-order valence-electron chi connectivity index (χ0n) is 12.1. The van der Waals surface area contributed by atoms with Crippen molar-refractivity contribution in [1.82, 2.24) is 0 Å². The third-order valence-corrected chi connectivity index (χ3v) is 4.19. The molecule has 0 heterocycles. The van der Waals surface area contributed by atoms with Gasteiger partial charge in [0.15, 0.2) is 5.82 Å². The Balaban J connectivity index is 3.20. The Kier molecular flexibility index (Phi) is 6.97. The molecule has 1 aromatic carbocycles. The lowest BCUT2D eigenvalue weighted by atomic mass is 10.1. The number of hydrogen-bond acceptors (Lipinski definition) is 3. The molecule has 0 saturated heterocycles. The van der Waals surface area contributed by atoms with Crippen molar-refractivity contribution in [3.63, 3.8) is 0 Å². The van der Waals surface area contributed by atoms with E-state index in [4.69, 9.17) is 10.00 Å². The third kappa shape index (κ3) is 3.71. The van der Waals surface area contributed by atoms with Crippen molar-refractivity contribution in [3.8, 4) is 6.07 Å². The van der Waals surface area contributed by atoms with E-state index in [0.29, 0.717) is 24.4 Å². The Hall–Kier alpha value is -1.12. The van der Waals surface area contributed by atoms with Crippen LogP contribution in [-0.2, 0) is 4.74 Å². The molecule has 3 nitrogen and oxygen atoms in total. The fourth-order valence-corrected chi connectivity index (χ4v) is 2.69. The lowest BCUT2D eigenvalue weighted by molar-refractivity contribution is 0.202. The molecule has 0 bridgehead atoms. The van der Waals surface area contributed by atoms with Crippen LogP contribution in [0.2, 0.25) is 0 Å². The van der Waals surface area contributed by atoms with Crippen molar-refractivity contribution in [1.29, 1.82) is 5.26 Å². The largest absolute Gasteiger partial charge is 0.383 e. The number of benzene rings is 1. The summed E-state index contributed by atoms with van der Waals surface area (Å²) in [5.74, 6) is -0.382. The van der Waals surface area contributed by atoms with E-state index in [1.807, 2.05) is 11.0 Å². The average molecular weight is 343 g/mol. The van der Waals surface area contributed by atoms with E-state index in [1.165, 1.54) is 0 Å². The zero-order chi connectivity index (χ0) is 15.1. The van der Waals surface area contributed by atoms with Crippen LogP contribution in [0.15, 0.2) is 16.6 Å². The first kappa shape index (κ1) is 16.9. The van der Waals surface area contributed by atoms with Gasteiger partial charge in [-0.15, -0.1) is 0 Å². The predicted molar refractivity (Wildman–Crippen MR) is 82.4 cm³/mol. The summed E-state index contributed by atoms with van der Waals surface area (Å²) in [6.45, 7) is 5.33. The van der Waals surface area contributed by atoms with E-state index in [1.54, 1.807) is 19.2 Å².